The summed E-state index contributed by atoms with van der Waals surface area (Å²) in [6, 6.07) is 11.5. The lowest BCUT2D eigenvalue weighted by Crippen LogP contribution is -2.22. The van der Waals surface area contributed by atoms with Gasteiger partial charge in [0.05, 0.1) is 10.9 Å². The molecular formula is C28H20F2N6O5. The summed E-state index contributed by atoms with van der Waals surface area (Å²) in [5.41, 5.74) is 6.10. The first-order chi connectivity index (χ1) is 19.7. The molecule has 6 aromatic rings. The third kappa shape index (κ3) is 4.14. The molecule has 11 nitrogen and oxygen atoms in total. The highest BCUT2D eigenvalue weighted by atomic mass is 19.1. The van der Waals surface area contributed by atoms with Crippen molar-refractivity contribution in [1.82, 2.24) is 19.7 Å². The molecule has 3 N–H and O–H groups in total. The van der Waals surface area contributed by atoms with Crippen molar-refractivity contribution in [2.24, 2.45) is 0 Å². The Morgan fingerprint density at radius 2 is 1.85 bits per heavy atom. The minimum absolute atomic E-state index is 0.00443. The van der Waals surface area contributed by atoms with E-state index in [1.54, 1.807) is 6.92 Å². The average Bonchev–Trinajstić information content (AvgIpc) is 3.58. The van der Waals surface area contributed by atoms with Crippen molar-refractivity contribution in [1.29, 1.82) is 0 Å². The molecule has 41 heavy (non-hydrogen) atoms. The topological polar surface area (TPSA) is 154 Å². The summed E-state index contributed by atoms with van der Waals surface area (Å²) >= 11 is 0. The summed E-state index contributed by atoms with van der Waals surface area (Å²) in [5, 5.41) is 14.0. The van der Waals surface area contributed by atoms with Gasteiger partial charge in [-0.05, 0) is 42.8 Å². The van der Waals surface area contributed by atoms with Crippen LogP contribution in [-0.2, 0) is 0 Å². The van der Waals surface area contributed by atoms with Crippen molar-refractivity contribution in [3.05, 3.63) is 88.5 Å². The fourth-order valence-electron chi connectivity index (χ4n) is 4.71. The average molecular weight is 559 g/mol. The van der Waals surface area contributed by atoms with E-state index in [-0.39, 0.29) is 56.7 Å². The summed E-state index contributed by atoms with van der Waals surface area (Å²) in [6.45, 7) is 1.67. The highest BCUT2D eigenvalue weighted by molar-refractivity contribution is 5.97. The van der Waals surface area contributed by atoms with Crippen molar-refractivity contribution in [2.45, 2.75) is 13.0 Å². The van der Waals surface area contributed by atoms with Crippen molar-refractivity contribution in [3.8, 4) is 22.6 Å². The molecule has 6 rings (SSSR count). The molecule has 0 bridgehead atoms. The number of carbonyl (C=O) groups is 1. The highest BCUT2D eigenvalue weighted by Gasteiger charge is 2.29. The van der Waals surface area contributed by atoms with Crippen LogP contribution in [0.15, 0.2) is 74.6 Å². The van der Waals surface area contributed by atoms with Gasteiger partial charge in [0.15, 0.2) is 11.4 Å². The van der Waals surface area contributed by atoms with Crippen LogP contribution >= 0.6 is 0 Å². The van der Waals surface area contributed by atoms with E-state index < -0.39 is 29.2 Å². The van der Waals surface area contributed by atoms with Gasteiger partial charge in [-0.15, -0.1) is 0 Å². The van der Waals surface area contributed by atoms with Crippen LogP contribution in [0.4, 0.5) is 25.3 Å². The van der Waals surface area contributed by atoms with Crippen LogP contribution in [0.3, 0.4) is 0 Å². The molecule has 1 unspecified atom stereocenters. The number of hydrogen-bond acceptors (Lipinski definition) is 8. The second-order valence-electron chi connectivity index (χ2n) is 9.20. The standard InChI is InChI=1S/C28H20F2N6O5/c1-13(25-20(14-5-3-6-15(29)11-14)24(37)21-16(30)7-4-8-17(21)41-25)36-27-22(26(31)32-12-33-27)23(34-36)18-9-10-19(40-18)35(2)28(38)39/h3-13H,1-2H3,(H,38,39)(H2,31,32,33). The number of aromatic nitrogens is 4. The number of nitrogen functional groups attached to an aromatic ring is 1. The van der Waals surface area contributed by atoms with Crippen molar-refractivity contribution >= 4 is 39.8 Å². The Bertz CT molecular complexity index is 2050. The number of amides is 1. The minimum atomic E-state index is -1.23. The van der Waals surface area contributed by atoms with Crippen LogP contribution in [0.2, 0.25) is 0 Å². The van der Waals surface area contributed by atoms with Crippen molar-refractivity contribution in [3.63, 3.8) is 0 Å². The van der Waals surface area contributed by atoms with Crippen LogP contribution in [0.5, 0.6) is 0 Å². The van der Waals surface area contributed by atoms with E-state index in [2.05, 4.69) is 15.1 Å². The van der Waals surface area contributed by atoms with Gasteiger partial charge >= 0.3 is 6.09 Å². The van der Waals surface area contributed by atoms with Gasteiger partial charge in [-0.2, -0.15) is 5.10 Å². The maximum atomic E-state index is 14.8. The fourth-order valence-corrected chi connectivity index (χ4v) is 4.71. The maximum absolute atomic E-state index is 14.8. The number of hydrogen-bond donors (Lipinski definition) is 2. The first-order valence-electron chi connectivity index (χ1n) is 12.2. The monoisotopic (exact) mass is 558 g/mol. The van der Waals surface area contributed by atoms with Gasteiger partial charge < -0.3 is 19.7 Å². The molecule has 0 aliphatic carbocycles. The van der Waals surface area contributed by atoms with E-state index >= 15 is 0 Å². The number of carboxylic acid groups (broad SMARTS) is 1. The van der Waals surface area contributed by atoms with Gasteiger partial charge in [-0.25, -0.2) is 28.2 Å². The van der Waals surface area contributed by atoms with Crippen LogP contribution in [0.25, 0.3) is 44.6 Å². The van der Waals surface area contributed by atoms with Gasteiger partial charge in [0.25, 0.3) is 0 Å². The third-order valence-electron chi connectivity index (χ3n) is 6.72. The molecule has 2 aromatic carbocycles. The number of fused-ring (bicyclic) bond motifs is 2. The van der Waals surface area contributed by atoms with Crippen LogP contribution in [0.1, 0.15) is 18.7 Å². The molecule has 13 heteroatoms. The number of nitrogens with zero attached hydrogens (tertiary/aromatic N) is 5. The first kappa shape index (κ1) is 25.7. The normalized spacial score (nSPS) is 12.2. The summed E-state index contributed by atoms with van der Waals surface area (Å²) < 4.78 is 42.4. The number of anilines is 2. The lowest BCUT2D eigenvalue weighted by atomic mass is 9.99. The first-order valence-corrected chi connectivity index (χ1v) is 12.2. The van der Waals surface area contributed by atoms with Gasteiger partial charge in [0.2, 0.25) is 11.3 Å². The predicted molar refractivity (Wildman–Crippen MR) is 146 cm³/mol. The summed E-state index contributed by atoms with van der Waals surface area (Å²) in [4.78, 5) is 34.4. The van der Waals surface area contributed by atoms with Gasteiger partial charge in [-0.3, -0.25) is 9.69 Å². The van der Waals surface area contributed by atoms with E-state index in [1.165, 1.54) is 60.5 Å². The second-order valence-corrected chi connectivity index (χ2v) is 9.20. The number of furan rings is 1. The van der Waals surface area contributed by atoms with Gasteiger partial charge in [-0.1, -0.05) is 18.2 Å². The molecule has 0 aliphatic rings. The molecule has 1 amide bonds. The maximum Gasteiger partial charge on any atom is 0.413 e. The van der Waals surface area contributed by atoms with E-state index in [1.807, 2.05) is 0 Å². The quantitative estimate of drug-likeness (QED) is 0.281. The molecule has 0 radical (unpaired) electrons. The van der Waals surface area contributed by atoms with Crippen LogP contribution < -0.4 is 16.1 Å². The number of benzene rings is 2. The minimum Gasteiger partial charge on any atom is -0.465 e. The van der Waals surface area contributed by atoms with Gasteiger partial charge in [0, 0.05) is 13.1 Å². The molecule has 0 spiro atoms. The third-order valence-corrected chi connectivity index (χ3v) is 6.72. The molecule has 1 atom stereocenters. The Balaban J connectivity index is 1.61. The number of nitrogens with two attached hydrogens (primary N) is 1. The SMILES string of the molecule is CC(c1oc2cccc(F)c2c(=O)c1-c1cccc(F)c1)n1nc(-c2ccc(N(C)C(=O)O)o2)c2c(N)ncnc21. The molecule has 0 saturated heterocycles. The van der Waals surface area contributed by atoms with Crippen LogP contribution in [0, 0.1) is 11.6 Å². The highest BCUT2D eigenvalue weighted by Crippen LogP contribution is 2.37. The Labute approximate surface area is 229 Å². The Hall–Kier alpha value is -5.59. The lowest BCUT2D eigenvalue weighted by Gasteiger charge is -2.17. The molecule has 0 aliphatic heterocycles. The summed E-state index contributed by atoms with van der Waals surface area (Å²) in [6.07, 6.45) is 0.00256. The van der Waals surface area contributed by atoms with Crippen LogP contribution in [-0.4, -0.2) is 38.0 Å². The molecular weight excluding hydrogens is 538 g/mol. The zero-order valence-electron chi connectivity index (χ0n) is 21.5. The predicted octanol–water partition coefficient (Wildman–Crippen LogP) is 5.44. The van der Waals surface area contributed by atoms with E-state index in [4.69, 9.17) is 14.6 Å². The molecule has 4 heterocycles. The molecule has 4 aromatic heterocycles. The zero-order chi connectivity index (χ0) is 29.0. The molecule has 0 saturated carbocycles. The van der Waals surface area contributed by atoms with Crippen molar-refractivity contribution in [2.75, 3.05) is 17.7 Å². The molecule has 206 valence electrons. The largest absolute Gasteiger partial charge is 0.465 e. The van der Waals surface area contributed by atoms with E-state index in [9.17, 15) is 23.5 Å². The lowest BCUT2D eigenvalue weighted by molar-refractivity contribution is 0.202. The molecule has 0 fully saturated rings. The number of rotatable bonds is 5. The van der Waals surface area contributed by atoms with E-state index in [0.717, 1.165) is 17.0 Å². The Kier molecular flexibility index (Phi) is 5.98. The smallest absolute Gasteiger partial charge is 0.413 e. The summed E-state index contributed by atoms with van der Waals surface area (Å²) in [7, 11) is 1.32. The second kappa shape index (κ2) is 9.55. The van der Waals surface area contributed by atoms with Gasteiger partial charge in [0.1, 0.15) is 52.2 Å². The Morgan fingerprint density at radius 3 is 2.61 bits per heavy atom. The zero-order valence-corrected chi connectivity index (χ0v) is 21.5. The fraction of sp³-hybridized carbons (Fsp3) is 0.107. The van der Waals surface area contributed by atoms with E-state index in [0.29, 0.717) is 5.39 Å². The number of halogens is 2. The Morgan fingerprint density at radius 1 is 1.07 bits per heavy atom. The van der Waals surface area contributed by atoms with Crippen molar-refractivity contribution < 1.29 is 27.5 Å². The summed E-state index contributed by atoms with van der Waals surface area (Å²) in [5.74, 6) is -1.02.